The van der Waals surface area contributed by atoms with Gasteiger partial charge < -0.3 is 9.47 Å². The first-order chi connectivity index (χ1) is 6.20. The van der Waals surface area contributed by atoms with Crippen molar-refractivity contribution in [3.05, 3.63) is 20.2 Å². The standard InChI is InChI=1S/C8H6BrIO3/c1-12-7-5(9)2-3-6(10)8(7)13-4-11/h2-4H,1H3. The molecule has 0 aliphatic heterocycles. The Morgan fingerprint density at radius 1 is 1.46 bits per heavy atom. The van der Waals surface area contributed by atoms with Crippen molar-refractivity contribution in [2.75, 3.05) is 7.11 Å². The topological polar surface area (TPSA) is 35.5 Å². The molecule has 1 aromatic rings. The number of hydrogen-bond donors (Lipinski definition) is 0. The molecule has 0 saturated carbocycles. The lowest BCUT2D eigenvalue weighted by molar-refractivity contribution is -0.120. The highest BCUT2D eigenvalue weighted by Crippen LogP contribution is 2.38. The molecule has 0 saturated heterocycles. The first-order valence-corrected chi connectivity index (χ1v) is 5.20. The third-order valence-electron chi connectivity index (χ3n) is 1.39. The van der Waals surface area contributed by atoms with Crippen molar-refractivity contribution >= 4 is 45.0 Å². The van der Waals surface area contributed by atoms with E-state index in [-0.39, 0.29) is 0 Å². The predicted octanol–water partition coefficient (Wildman–Crippen LogP) is 2.60. The molecule has 1 aromatic carbocycles. The van der Waals surface area contributed by atoms with Gasteiger partial charge in [0, 0.05) is 0 Å². The average Bonchev–Trinajstić information content (AvgIpc) is 2.12. The molecule has 5 heteroatoms. The first-order valence-electron chi connectivity index (χ1n) is 3.33. The van der Waals surface area contributed by atoms with E-state index >= 15 is 0 Å². The quantitative estimate of drug-likeness (QED) is 0.617. The summed E-state index contributed by atoms with van der Waals surface area (Å²) >= 11 is 5.35. The molecule has 0 aliphatic carbocycles. The molecule has 13 heavy (non-hydrogen) atoms. The van der Waals surface area contributed by atoms with Crippen molar-refractivity contribution in [3.63, 3.8) is 0 Å². The molecule has 0 atom stereocenters. The molecule has 0 amide bonds. The summed E-state index contributed by atoms with van der Waals surface area (Å²) in [5.74, 6) is 0.964. The minimum Gasteiger partial charge on any atom is -0.492 e. The second-order valence-corrected chi connectivity index (χ2v) is 4.12. The van der Waals surface area contributed by atoms with Gasteiger partial charge in [0.1, 0.15) is 0 Å². The highest BCUT2D eigenvalue weighted by Gasteiger charge is 2.12. The van der Waals surface area contributed by atoms with Crippen molar-refractivity contribution in [2.45, 2.75) is 0 Å². The summed E-state index contributed by atoms with van der Waals surface area (Å²) in [5.41, 5.74) is 0. The fraction of sp³-hybridized carbons (Fsp3) is 0.125. The number of halogens is 2. The van der Waals surface area contributed by atoms with E-state index in [1.165, 1.54) is 7.11 Å². The molecular formula is C8H6BrIO3. The van der Waals surface area contributed by atoms with Crippen LogP contribution in [0, 0.1) is 3.57 Å². The van der Waals surface area contributed by atoms with E-state index in [0.29, 0.717) is 18.0 Å². The largest absolute Gasteiger partial charge is 0.492 e. The Kier molecular flexibility index (Phi) is 3.98. The zero-order valence-corrected chi connectivity index (χ0v) is 10.5. The van der Waals surface area contributed by atoms with Gasteiger partial charge in [-0.15, -0.1) is 0 Å². The minimum absolute atomic E-state index is 0.381. The molecule has 0 unspecified atom stereocenters. The van der Waals surface area contributed by atoms with E-state index in [0.717, 1.165) is 8.04 Å². The number of hydrogen-bond acceptors (Lipinski definition) is 3. The van der Waals surface area contributed by atoms with Crippen molar-refractivity contribution < 1.29 is 14.3 Å². The molecule has 0 bridgehead atoms. The van der Waals surface area contributed by atoms with Gasteiger partial charge in [0.2, 0.25) is 0 Å². The van der Waals surface area contributed by atoms with Crippen LogP contribution in [0.1, 0.15) is 0 Å². The normalized spacial score (nSPS) is 9.46. The smallest absolute Gasteiger partial charge is 0.298 e. The zero-order chi connectivity index (χ0) is 9.84. The third kappa shape index (κ3) is 2.34. The number of methoxy groups -OCH3 is 1. The molecule has 0 spiro atoms. The summed E-state index contributed by atoms with van der Waals surface area (Å²) in [6.45, 7) is 0.381. The van der Waals surface area contributed by atoms with Gasteiger partial charge in [-0.3, -0.25) is 4.79 Å². The zero-order valence-electron chi connectivity index (χ0n) is 6.71. The Morgan fingerprint density at radius 2 is 2.15 bits per heavy atom. The lowest BCUT2D eigenvalue weighted by Crippen LogP contribution is -1.96. The Labute approximate surface area is 97.7 Å². The number of rotatable bonds is 3. The molecule has 0 N–H and O–H groups in total. The average molecular weight is 357 g/mol. The first kappa shape index (κ1) is 10.8. The number of carbonyl (C=O) groups excluding carboxylic acids is 1. The summed E-state index contributed by atoms with van der Waals surface area (Å²) < 4.78 is 11.5. The maximum Gasteiger partial charge on any atom is 0.298 e. The number of ether oxygens (including phenoxy) is 2. The van der Waals surface area contributed by atoms with Gasteiger partial charge in [0.05, 0.1) is 15.2 Å². The van der Waals surface area contributed by atoms with E-state index in [1.807, 2.05) is 12.1 Å². The number of carbonyl (C=O) groups is 1. The van der Waals surface area contributed by atoms with Crippen molar-refractivity contribution in [2.24, 2.45) is 0 Å². The van der Waals surface area contributed by atoms with Gasteiger partial charge >= 0.3 is 0 Å². The van der Waals surface area contributed by atoms with Crippen LogP contribution in [0.4, 0.5) is 0 Å². The molecule has 0 fully saturated rings. The van der Waals surface area contributed by atoms with Crippen molar-refractivity contribution in [1.29, 1.82) is 0 Å². The van der Waals surface area contributed by atoms with Crippen LogP contribution in [0.3, 0.4) is 0 Å². The molecular weight excluding hydrogens is 351 g/mol. The Morgan fingerprint density at radius 3 is 2.69 bits per heavy atom. The van der Waals surface area contributed by atoms with Gasteiger partial charge in [-0.05, 0) is 50.7 Å². The van der Waals surface area contributed by atoms with Crippen LogP contribution in [0.2, 0.25) is 0 Å². The Bertz CT molecular complexity index is 327. The van der Waals surface area contributed by atoms with E-state index in [1.54, 1.807) is 0 Å². The highest BCUT2D eigenvalue weighted by molar-refractivity contribution is 14.1. The highest BCUT2D eigenvalue weighted by atomic mass is 127. The second kappa shape index (κ2) is 4.80. The van der Waals surface area contributed by atoms with E-state index in [9.17, 15) is 4.79 Å². The van der Waals surface area contributed by atoms with E-state index in [4.69, 9.17) is 9.47 Å². The van der Waals surface area contributed by atoms with E-state index < -0.39 is 0 Å². The van der Waals surface area contributed by atoms with Gasteiger partial charge in [-0.25, -0.2) is 0 Å². The van der Waals surface area contributed by atoms with E-state index in [2.05, 4.69) is 38.5 Å². The molecule has 1 rings (SSSR count). The second-order valence-electron chi connectivity index (χ2n) is 2.11. The maximum atomic E-state index is 10.2. The van der Waals surface area contributed by atoms with Crippen LogP contribution in [0.5, 0.6) is 11.5 Å². The van der Waals surface area contributed by atoms with Crippen LogP contribution in [-0.2, 0) is 4.79 Å². The molecule has 70 valence electrons. The predicted molar refractivity (Wildman–Crippen MR) is 60.1 cm³/mol. The fourth-order valence-corrected chi connectivity index (χ4v) is 1.89. The van der Waals surface area contributed by atoms with Crippen LogP contribution < -0.4 is 9.47 Å². The molecule has 3 nitrogen and oxygen atoms in total. The summed E-state index contributed by atoms with van der Waals surface area (Å²) in [6, 6.07) is 3.66. The van der Waals surface area contributed by atoms with Crippen LogP contribution >= 0.6 is 38.5 Å². The minimum atomic E-state index is 0.381. The van der Waals surface area contributed by atoms with Crippen LogP contribution in [0.25, 0.3) is 0 Å². The summed E-state index contributed by atoms with van der Waals surface area (Å²) in [6.07, 6.45) is 0. The lowest BCUT2D eigenvalue weighted by atomic mass is 10.3. The van der Waals surface area contributed by atoms with Crippen LogP contribution in [-0.4, -0.2) is 13.6 Å². The third-order valence-corrected chi connectivity index (χ3v) is 2.86. The SMILES string of the molecule is COc1c(Br)ccc(I)c1OC=O. The monoisotopic (exact) mass is 356 g/mol. The summed E-state index contributed by atoms with van der Waals surface area (Å²) in [4.78, 5) is 10.2. The van der Waals surface area contributed by atoms with Gasteiger partial charge in [-0.2, -0.15) is 0 Å². The lowest BCUT2D eigenvalue weighted by Gasteiger charge is -2.09. The molecule has 0 aromatic heterocycles. The summed E-state index contributed by atoms with van der Waals surface area (Å²) in [7, 11) is 1.52. The van der Waals surface area contributed by atoms with Crippen LogP contribution in [0.15, 0.2) is 16.6 Å². The summed E-state index contributed by atoms with van der Waals surface area (Å²) in [5, 5.41) is 0. The van der Waals surface area contributed by atoms with Crippen molar-refractivity contribution in [1.82, 2.24) is 0 Å². The molecule has 0 radical (unpaired) electrons. The van der Waals surface area contributed by atoms with Crippen molar-refractivity contribution in [3.8, 4) is 11.5 Å². The van der Waals surface area contributed by atoms with Gasteiger partial charge in [0.15, 0.2) is 11.5 Å². The fourth-order valence-electron chi connectivity index (χ4n) is 0.863. The molecule has 0 heterocycles. The van der Waals surface area contributed by atoms with Gasteiger partial charge in [-0.1, -0.05) is 0 Å². The van der Waals surface area contributed by atoms with Gasteiger partial charge in [0.25, 0.3) is 6.47 Å². The Balaban J connectivity index is 3.25. The maximum absolute atomic E-state index is 10.2. The number of benzene rings is 1. The molecule has 0 aliphatic rings. The Hall–Kier alpha value is -0.300.